The second-order valence-corrected chi connectivity index (χ2v) is 6.02. The van der Waals surface area contributed by atoms with Crippen molar-refractivity contribution in [3.8, 4) is 0 Å². The van der Waals surface area contributed by atoms with E-state index in [2.05, 4.69) is 28.0 Å². The molecule has 0 heterocycles. The molecule has 25 heavy (non-hydrogen) atoms. The first-order valence-electron chi connectivity index (χ1n) is 8.27. The molecular weight excluding hydrogens is 310 g/mol. The van der Waals surface area contributed by atoms with Gasteiger partial charge in [0.25, 0.3) is 5.91 Å². The first-order valence-corrected chi connectivity index (χ1v) is 8.27. The summed E-state index contributed by atoms with van der Waals surface area (Å²) in [4.78, 5) is 12.2. The molecule has 1 amide bonds. The van der Waals surface area contributed by atoms with Crippen LogP contribution in [-0.2, 0) is 4.79 Å². The molecule has 0 saturated heterocycles. The predicted molar refractivity (Wildman–Crippen MR) is 104 cm³/mol. The number of nitrogens with one attached hydrogen (secondary N) is 2. The summed E-state index contributed by atoms with van der Waals surface area (Å²) >= 11 is 0. The second kappa shape index (κ2) is 7.62. The van der Waals surface area contributed by atoms with Gasteiger partial charge in [-0.25, -0.2) is 5.43 Å². The third kappa shape index (κ3) is 4.23. The molecule has 3 aromatic rings. The molecule has 0 aromatic heterocycles. The van der Waals surface area contributed by atoms with Crippen LogP contribution in [0, 0.1) is 6.92 Å². The molecule has 0 bridgehead atoms. The zero-order valence-electron chi connectivity index (χ0n) is 14.4. The maximum atomic E-state index is 12.2. The first kappa shape index (κ1) is 16.7. The molecule has 0 spiro atoms. The average Bonchev–Trinajstić information content (AvgIpc) is 2.63. The number of carbonyl (C=O) groups is 1. The van der Waals surface area contributed by atoms with Crippen molar-refractivity contribution < 1.29 is 4.79 Å². The van der Waals surface area contributed by atoms with Crippen LogP contribution < -0.4 is 10.7 Å². The van der Waals surface area contributed by atoms with Crippen molar-refractivity contribution in [3.63, 3.8) is 0 Å². The summed E-state index contributed by atoms with van der Waals surface area (Å²) in [6, 6.07) is 21.7. The van der Waals surface area contributed by atoms with Gasteiger partial charge < -0.3 is 5.32 Å². The van der Waals surface area contributed by atoms with Crippen LogP contribution in [0.15, 0.2) is 71.8 Å². The Bertz CT molecular complexity index is 918. The van der Waals surface area contributed by atoms with Crippen LogP contribution in [0.2, 0.25) is 0 Å². The molecule has 4 nitrogen and oxygen atoms in total. The lowest BCUT2D eigenvalue weighted by atomic mass is 10.1. The van der Waals surface area contributed by atoms with Gasteiger partial charge in [0.05, 0.1) is 6.21 Å². The molecule has 0 aliphatic carbocycles. The van der Waals surface area contributed by atoms with Crippen molar-refractivity contribution in [2.45, 2.75) is 19.9 Å². The van der Waals surface area contributed by atoms with Gasteiger partial charge in [-0.05, 0) is 47.9 Å². The molecule has 3 aromatic carbocycles. The predicted octanol–water partition coefficient (Wildman–Crippen LogP) is 4.10. The smallest absolute Gasteiger partial charge is 0.262 e. The first-order chi connectivity index (χ1) is 12.1. The Morgan fingerprint density at radius 1 is 1.00 bits per heavy atom. The highest BCUT2D eigenvalue weighted by atomic mass is 16.2. The van der Waals surface area contributed by atoms with E-state index < -0.39 is 0 Å². The van der Waals surface area contributed by atoms with E-state index in [1.54, 1.807) is 6.21 Å². The zero-order chi connectivity index (χ0) is 17.6. The molecule has 2 N–H and O–H groups in total. The number of hydrogen-bond donors (Lipinski definition) is 2. The maximum Gasteiger partial charge on any atom is 0.262 e. The van der Waals surface area contributed by atoms with Gasteiger partial charge in [-0.2, -0.15) is 5.10 Å². The number of amides is 1. The van der Waals surface area contributed by atoms with Crippen molar-refractivity contribution in [1.82, 2.24) is 5.43 Å². The maximum absolute atomic E-state index is 12.2. The Morgan fingerprint density at radius 2 is 1.72 bits per heavy atom. The lowest BCUT2D eigenvalue weighted by Crippen LogP contribution is -2.35. The lowest BCUT2D eigenvalue weighted by Gasteiger charge is -2.15. The average molecular weight is 331 g/mol. The van der Waals surface area contributed by atoms with Gasteiger partial charge in [0.15, 0.2) is 0 Å². The number of nitrogens with zero attached hydrogens (tertiary/aromatic N) is 1. The summed E-state index contributed by atoms with van der Waals surface area (Å²) in [6.45, 7) is 3.82. The number of hydrazone groups is 1. The number of benzene rings is 3. The van der Waals surface area contributed by atoms with E-state index in [4.69, 9.17) is 0 Å². The quantitative estimate of drug-likeness (QED) is 0.546. The highest BCUT2D eigenvalue weighted by molar-refractivity contribution is 5.91. The molecule has 0 saturated carbocycles. The van der Waals surface area contributed by atoms with E-state index >= 15 is 0 Å². The summed E-state index contributed by atoms with van der Waals surface area (Å²) in [7, 11) is 0. The molecule has 0 fully saturated rings. The van der Waals surface area contributed by atoms with Crippen molar-refractivity contribution in [2.75, 3.05) is 5.32 Å². The second-order valence-electron chi connectivity index (χ2n) is 6.02. The zero-order valence-corrected chi connectivity index (χ0v) is 14.4. The Balaban J connectivity index is 1.60. The minimum absolute atomic E-state index is 0.180. The highest BCUT2D eigenvalue weighted by Crippen LogP contribution is 2.15. The van der Waals surface area contributed by atoms with Gasteiger partial charge in [-0.3, -0.25) is 4.79 Å². The molecule has 4 heteroatoms. The fourth-order valence-corrected chi connectivity index (χ4v) is 2.59. The molecule has 0 aliphatic rings. The number of anilines is 1. The SMILES string of the molecule is Cc1ccccc1NC(C)C(=O)NN=Cc1ccc2ccccc2c1. The minimum atomic E-state index is -0.380. The Hall–Kier alpha value is -3.14. The van der Waals surface area contributed by atoms with E-state index in [9.17, 15) is 4.79 Å². The third-order valence-corrected chi connectivity index (χ3v) is 4.07. The van der Waals surface area contributed by atoms with Crippen molar-refractivity contribution >= 4 is 28.6 Å². The molecule has 1 unspecified atom stereocenters. The van der Waals surface area contributed by atoms with Crippen LogP contribution in [0.25, 0.3) is 10.8 Å². The van der Waals surface area contributed by atoms with Crippen molar-refractivity contribution in [2.24, 2.45) is 5.10 Å². The summed E-state index contributed by atoms with van der Waals surface area (Å²) < 4.78 is 0. The normalized spacial score (nSPS) is 12.2. The van der Waals surface area contributed by atoms with Gasteiger partial charge in [-0.15, -0.1) is 0 Å². The van der Waals surface area contributed by atoms with Gasteiger partial charge in [0.2, 0.25) is 0 Å². The van der Waals surface area contributed by atoms with E-state index in [0.29, 0.717) is 0 Å². The number of fused-ring (bicyclic) bond motifs is 1. The molecular formula is C21H21N3O. The number of rotatable bonds is 5. The summed E-state index contributed by atoms with van der Waals surface area (Å²) in [6.07, 6.45) is 1.66. The highest BCUT2D eigenvalue weighted by Gasteiger charge is 2.12. The van der Waals surface area contributed by atoms with Gasteiger partial charge in [-0.1, -0.05) is 54.6 Å². The van der Waals surface area contributed by atoms with Crippen molar-refractivity contribution in [1.29, 1.82) is 0 Å². The van der Waals surface area contributed by atoms with Crippen LogP contribution >= 0.6 is 0 Å². The Kier molecular flexibility index (Phi) is 5.09. The van der Waals surface area contributed by atoms with Crippen molar-refractivity contribution in [3.05, 3.63) is 77.9 Å². The lowest BCUT2D eigenvalue weighted by molar-refractivity contribution is -0.121. The van der Waals surface area contributed by atoms with Crippen LogP contribution in [0.4, 0.5) is 5.69 Å². The fourth-order valence-electron chi connectivity index (χ4n) is 2.59. The Labute approximate surface area is 147 Å². The summed E-state index contributed by atoms with van der Waals surface area (Å²) in [5.74, 6) is -0.180. The number of hydrogen-bond acceptors (Lipinski definition) is 3. The topological polar surface area (TPSA) is 53.5 Å². The standard InChI is InChI=1S/C21H21N3O/c1-15-7-3-6-10-20(15)23-16(2)21(25)24-22-14-17-11-12-18-8-4-5-9-19(18)13-17/h3-14,16,23H,1-2H3,(H,24,25). The number of carbonyl (C=O) groups excluding carboxylic acids is 1. The van der Waals surface area contributed by atoms with E-state index in [0.717, 1.165) is 22.2 Å². The van der Waals surface area contributed by atoms with E-state index in [1.165, 1.54) is 5.39 Å². The van der Waals surface area contributed by atoms with Crippen LogP contribution in [0.5, 0.6) is 0 Å². The monoisotopic (exact) mass is 331 g/mol. The molecule has 3 rings (SSSR count). The largest absolute Gasteiger partial charge is 0.374 e. The van der Waals surface area contributed by atoms with Gasteiger partial charge in [0, 0.05) is 5.69 Å². The van der Waals surface area contributed by atoms with Crippen LogP contribution in [0.3, 0.4) is 0 Å². The van der Waals surface area contributed by atoms with E-state index in [1.807, 2.05) is 68.4 Å². The fraction of sp³-hybridized carbons (Fsp3) is 0.143. The molecule has 126 valence electrons. The van der Waals surface area contributed by atoms with Crippen LogP contribution in [0.1, 0.15) is 18.1 Å². The Morgan fingerprint density at radius 3 is 2.52 bits per heavy atom. The third-order valence-electron chi connectivity index (χ3n) is 4.07. The summed E-state index contributed by atoms with van der Waals surface area (Å²) in [5.41, 5.74) is 5.58. The van der Waals surface area contributed by atoms with Gasteiger partial charge in [0.1, 0.15) is 6.04 Å². The minimum Gasteiger partial charge on any atom is -0.374 e. The summed E-state index contributed by atoms with van der Waals surface area (Å²) in [5, 5.41) is 9.59. The molecule has 0 radical (unpaired) electrons. The molecule has 1 atom stereocenters. The number of aryl methyl sites for hydroxylation is 1. The molecule has 0 aliphatic heterocycles. The van der Waals surface area contributed by atoms with E-state index in [-0.39, 0.29) is 11.9 Å². The van der Waals surface area contributed by atoms with Crippen LogP contribution in [-0.4, -0.2) is 18.2 Å². The number of para-hydroxylation sites is 1. The van der Waals surface area contributed by atoms with Gasteiger partial charge >= 0.3 is 0 Å².